The molecule has 1 atom stereocenters. The van der Waals surface area contributed by atoms with Crippen LogP contribution < -0.4 is 0 Å². The Morgan fingerprint density at radius 3 is 2.21 bits per heavy atom. The zero-order chi connectivity index (χ0) is 10.7. The van der Waals surface area contributed by atoms with E-state index < -0.39 is 0 Å². The van der Waals surface area contributed by atoms with Crippen molar-refractivity contribution in [3.63, 3.8) is 0 Å². The summed E-state index contributed by atoms with van der Waals surface area (Å²) in [6.45, 7) is 4.50. The summed E-state index contributed by atoms with van der Waals surface area (Å²) in [6.07, 6.45) is 2.44. The van der Waals surface area contributed by atoms with Gasteiger partial charge >= 0.3 is 0 Å². The predicted molar refractivity (Wildman–Crippen MR) is 75.5 cm³/mol. The summed E-state index contributed by atoms with van der Waals surface area (Å²) in [6, 6.07) is 2.20. The molecule has 1 aromatic rings. The number of alkyl halides is 1. The minimum Gasteiger partial charge on any atom is -0.131 e. The molecule has 1 unspecified atom stereocenters. The maximum Gasteiger partial charge on any atom is 0.0843 e. The van der Waals surface area contributed by atoms with Gasteiger partial charge in [-0.1, -0.05) is 42.6 Å². The van der Waals surface area contributed by atoms with Crippen LogP contribution in [-0.2, 0) is 0 Å². The molecule has 0 aliphatic carbocycles. The molecule has 1 aromatic heterocycles. The first kappa shape index (κ1) is 13.2. The van der Waals surface area contributed by atoms with Gasteiger partial charge < -0.3 is 0 Å². The van der Waals surface area contributed by atoms with E-state index in [4.69, 9.17) is 0 Å². The molecule has 1 heterocycles. The Hall–Kier alpha value is 1.14. The van der Waals surface area contributed by atoms with Gasteiger partial charge in [-0.05, 0) is 43.8 Å². The SMILES string of the molecule is CCC(CC)C(Br)c1cc(Br)c(Br)s1. The van der Waals surface area contributed by atoms with E-state index in [0.29, 0.717) is 4.83 Å². The highest BCUT2D eigenvalue weighted by atomic mass is 79.9. The Kier molecular flexibility index (Phi) is 5.68. The van der Waals surface area contributed by atoms with Crippen LogP contribution in [0.15, 0.2) is 14.3 Å². The van der Waals surface area contributed by atoms with E-state index in [1.54, 1.807) is 11.3 Å². The highest BCUT2D eigenvalue weighted by Gasteiger charge is 2.20. The number of hydrogen-bond acceptors (Lipinski definition) is 1. The van der Waals surface area contributed by atoms with E-state index in [1.165, 1.54) is 21.5 Å². The number of thiophene rings is 1. The summed E-state index contributed by atoms with van der Waals surface area (Å²) in [4.78, 5) is 1.89. The van der Waals surface area contributed by atoms with Gasteiger partial charge in [0.2, 0.25) is 0 Å². The molecule has 0 spiro atoms. The summed E-state index contributed by atoms with van der Waals surface area (Å²) in [5.74, 6) is 0.729. The molecule has 1 rings (SSSR count). The van der Waals surface area contributed by atoms with E-state index in [9.17, 15) is 0 Å². The van der Waals surface area contributed by atoms with Crippen molar-refractivity contribution >= 4 is 59.1 Å². The van der Waals surface area contributed by atoms with Gasteiger partial charge in [-0.2, -0.15) is 0 Å². The molecule has 0 aromatic carbocycles. The monoisotopic (exact) mass is 402 g/mol. The summed E-state index contributed by atoms with van der Waals surface area (Å²) in [7, 11) is 0. The third-order valence-corrected chi connectivity index (χ3v) is 7.28. The first-order chi connectivity index (χ1) is 6.60. The van der Waals surface area contributed by atoms with E-state index in [1.807, 2.05) is 0 Å². The molecule has 0 saturated carbocycles. The molecule has 0 radical (unpaired) electrons. The number of halogens is 3. The minimum atomic E-state index is 0.491. The maximum atomic E-state index is 3.79. The van der Waals surface area contributed by atoms with Crippen molar-refractivity contribution in [3.8, 4) is 0 Å². The van der Waals surface area contributed by atoms with Crippen molar-refractivity contribution < 1.29 is 0 Å². The van der Waals surface area contributed by atoms with E-state index >= 15 is 0 Å². The molecule has 0 fully saturated rings. The van der Waals surface area contributed by atoms with Crippen molar-refractivity contribution in [3.05, 3.63) is 19.2 Å². The Morgan fingerprint density at radius 2 is 1.86 bits per heavy atom. The largest absolute Gasteiger partial charge is 0.131 e. The number of rotatable bonds is 4. The molecule has 0 saturated heterocycles. The lowest BCUT2D eigenvalue weighted by Gasteiger charge is -2.17. The van der Waals surface area contributed by atoms with Crippen LogP contribution in [0.4, 0.5) is 0 Å². The lowest BCUT2D eigenvalue weighted by Crippen LogP contribution is -2.03. The van der Waals surface area contributed by atoms with Gasteiger partial charge in [0.15, 0.2) is 0 Å². The highest BCUT2D eigenvalue weighted by Crippen LogP contribution is 2.43. The van der Waals surface area contributed by atoms with Crippen molar-refractivity contribution in [1.82, 2.24) is 0 Å². The van der Waals surface area contributed by atoms with Crippen molar-refractivity contribution in [1.29, 1.82) is 0 Å². The van der Waals surface area contributed by atoms with Crippen LogP contribution in [0.2, 0.25) is 0 Å². The zero-order valence-corrected chi connectivity index (χ0v) is 13.8. The molecule has 4 heteroatoms. The van der Waals surface area contributed by atoms with Gasteiger partial charge in [-0.25, -0.2) is 0 Å². The second-order valence-electron chi connectivity index (χ2n) is 3.25. The van der Waals surface area contributed by atoms with Crippen LogP contribution in [0.25, 0.3) is 0 Å². The summed E-state index contributed by atoms with van der Waals surface area (Å²) in [5.41, 5.74) is 0. The normalized spacial score (nSPS) is 13.6. The molecule has 0 bridgehead atoms. The fourth-order valence-electron chi connectivity index (χ4n) is 1.43. The molecule has 0 nitrogen and oxygen atoms in total. The van der Waals surface area contributed by atoms with E-state index in [0.717, 1.165) is 10.4 Å². The maximum absolute atomic E-state index is 3.79. The Morgan fingerprint density at radius 1 is 1.29 bits per heavy atom. The average molecular weight is 405 g/mol. The van der Waals surface area contributed by atoms with Gasteiger partial charge in [-0.3, -0.25) is 0 Å². The van der Waals surface area contributed by atoms with E-state index in [2.05, 4.69) is 67.7 Å². The predicted octanol–water partition coefficient (Wildman–Crippen LogP) is 6.15. The molecule has 14 heavy (non-hydrogen) atoms. The molecular formula is C10H13Br3S. The van der Waals surface area contributed by atoms with Crippen LogP contribution >= 0.6 is 59.1 Å². The van der Waals surface area contributed by atoms with Gasteiger partial charge in [0, 0.05) is 9.35 Å². The third kappa shape index (κ3) is 3.06. The quantitative estimate of drug-likeness (QED) is 0.528. The van der Waals surface area contributed by atoms with E-state index in [-0.39, 0.29) is 0 Å². The summed E-state index contributed by atoms with van der Waals surface area (Å²) >= 11 is 12.6. The molecule has 0 aliphatic heterocycles. The lowest BCUT2D eigenvalue weighted by atomic mass is 9.99. The Balaban J connectivity index is 2.82. The second kappa shape index (κ2) is 6.02. The Bertz CT molecular complexity index is 272. The fraction of sp³-hybridized carbons (Fsp3) is 0.600. The molecule has 0 aliphatic rings. The van der Waals surface area contributed by atoms with Crippen molar-refractivity contribution in [2.75, 3.05) is 0 Å². The number of hydrogen-bond donors (Lipinski definition) is 0. The standard InChI is InChI=1S/C10H13Br3S/c1-3-6(4-2)9(12)8-5-7(11)10(13)14-8/h5-6,9H,3-4H2,1-2H3. The van der Waals surface area contributed by atoms with Gasteiger partial charge in [-0.15, -0.1) is 11.3 Å². The third-order valence-electron chi connectivity index (χ3n) is 2.40. The topological polar surface area (TPSA) is 0 Å². The second-order valence-corrected chi connectivity index (χ2v) is 7.49. The summed E-state index contributed by atoms with van der Waals surface area (Å²) in [5, 5.41) is 0. The molecular weight excluding hydrogens is 392 g/mol. The first-order valence-corrected chi connectivity index (χ1v) is 8.00. The van der Waals surface area contributed by atoms with Gasteiger partial charge in [0.25, 0.3) is 0 Å². The fourth-order valence-corrected chi connectivity index (χ4v) is 4.76. The van der Waals surface area contributed by atoms with Gasteiger partial charge in [0.05, 0.1) is 8.61 Å². The van der Waals surface area contributed by atoms with Crippen LogP contribution in [0.1, 0.15) is 36.4 Å². The minimum absolute atomic E-state index is 0.491. The van der Waals surface area contributed by atoms with Crippen LogP contribution in [0.3, 0.4) is 0 Å². The molecule has 0 amide bonds. The molecule has 80 valence electrons. The zero-order valence-electron chi connectivity index (χ0n) is 8.19. The smallest absolute Gasteiger partial charge is 0.0843 e. The summed E-state index contributed by atoms with van der Waals surface area (Å²) < 4.78 is 2.34. The average Bonchev–Trinajstić information content (AvgIpc) is 2.49. The Labute approximate surface area is 115 Å². The van der Waals surface area contributed by atoms with Crippen molar-refractivity contribution in [2.45, 2.75) is 31.5 Å². The van der Waals surface area contributed by atoms with Crippen LogP contribution in [0.5, 0.6) is 0 Å². The highest BCUT2D eigenvalue weighted by molar-refractivity contribution is 9.13. The van der Waals surface area contributed by atoms with Gasteiger partial charge in [0.1, 0.15) is 0 Å². The lowest BCUT2D eigenvalue weighted by molar-refractivity contribution is 0.490. The van der Waals surface area contributed by atoms with Crippen molar-refractivity contribution in [2.24, 2.45) is 5.92 Å². The van der Waals surface area contributed by atoms with Crippen LogP contribution in [0, 0.1) is 5.92 Å². The molecule has 0 N–H and O–H groups in total. The first-order valence-electron chi connectivity index (χ1n) is 4.68. The van der Waals surface area contributed by atoms with Crippen LogP contribution in [-0.4, -0.2) is 0 Å².